The van der Waals surface area contributed by atoms with Gasteiger partial charge in [-0.25, -0.2) is 9.97 Å². The van der Waals surface area contributed by atoms with E-state index in [1.807, 2.05) is 35.2 Å². The molecule has 1 aromatic carbocycles. The van der Waals surface area contributed by atoms with Crippen LogP contribution in [0, 0.1) is 0 Å². The molecule has 0 bridgehead atoms. The van der Waals surface area contributed by atoms with Crippen molar-refractivity contribution in [2.75, 3.05) is 44.3 Å². The number of aromatic nitrogens is 2. The third kappa shape index (κ3) is 3.71. The fourth-order valence-electron chi connectivity index (χ4n) is 3.80. The van der Waals surface area contributed by atoms with Crippen molar-refractivity contribution in [3.63, 3.8) is 0 Å². The molecule has 0 unspecified atom stereocenters. The van der Waals surface area contributed by atoms with Crippen LogP contribution in [0.2, 0.25) is 0 Å². The minimum atomic E-state index is -0.841. The summed E-state index contributed by atoms with van der Waals surface area (Å²) in [7, 11) is 0. The van der Waals surface area contributed by atoms with Crippen molar-refractivity contribution >= 4 is 11.9 Å². The van der Waals surface area contributed by atoms with E-state index < -0.39 is 11.6 Å². The van der Waals surface area contributed by atoms with Gasteiger partial charge in [-0.1, -0.05) is 30.3 Å². The number of amides is 1. The van der Waals surface area contributed by atoms with Gasteiger partial charge < -0.3 is 25.4 Å². The number of benzene rings is 1. The largest absolute Gasteiger partial charge is 0.389 e. The van der Waals surface area contributed by atoms with E-state index in [1.165, 1.54) is 0 Å². The minimum Gasteiger partial charge on any atom is -0.389 e. The van der Waals surface area contributed by atoms with Crippen molar-refractivity contribution in [3.8, 4) is 0 Å². The van der Waals surface area contributed by atoms with E-state index in [9.17, 15) is 9.90 Å². The molecule has 2 aliphatic rings. The molecule has 2 atom stereocenters. The lowest BCUT2D eigenvalue weighted by atomic mass is 9.79. The van der Waals surface area contributed by atoms with Gasteiger partial charge in [-0.05, 0) is 18.5 Å². The van der Waals surface area contributed by atoms with E-state index in [0.29, 0.717) is 44.2 Å². The summed E-state index contributed by atoms with van der Waals surface area (Å²) in [5.41, 5.74) is 0.424. The lowest BCUT2D eigenvalue weighted by molar-refractivity contribution is 0.0289. The third-order valence-electron chi connectivity index (χ3n) is 5.42. The second-order valence-electron chi connectivity index (χ2n) is 7.13. The Hall–Kier alpha value is -2.55. The van der Waals surface area contributed by atoms with E-state index in [-0.39, 0.29) is 5.91 Å². The van der Waals surface area contributed by atoms with Gasteiger partial charge in [0.2, 0.25) is 5.95 Å². The maximum absolute atomic E-state index is 13.0. The molecule has 2 saturated heterocycles. The monoisotopic (exact) mass is 383 g/mol. The number of rotatable bonds is 4. The van der Waals surface area contributed by atoms with Gasteiger partial charge in [0.1, 0.15) is 0 Å². The lowest BCUT2D eigenvalue weighted by Gasteiger charge is -2.43. The molecule has 2 aromatic rings. The van der Waals surface area contributed by atoms with Crippen molar-refractivity contribution in [1.29, 1.82) is 0 Å². The molecule has 2 fully saturated rings. The van der Waals surface area contributed by atoms with Crippen molar-refractivity contribution in [3.05, 3.63) is 53.9 Å². The maximum atomic E-state index is 13.0. The molecule has 28 heavy (non-hydrogen) atoms. The molecule has 1 aromatic heterocycles. The quantitative estimate of drug-likeness (QED) is 0.698. The Morgan fingerprint density at radius 2 is 1.93 bits per heavy atom. The summed E-state index contributed by atoms with van der Waals surface area (Å²) in [5.74, 6) is 0.304. The van der Waals surface area contributed by atoms with Gasteiger partial charge in [0, 0.05) is 32.0 Å². The normalized spacial score (nSPS) is 25.3. The summed E-state index contributed by atoms with van der Waals surface area (Å²) in [5, 5.41) is 17.0. The zero-order valence-electron chi connectivity index (χ0n) is 15.7. The number of morpholine rings is 1. The van der Waals surface area contributed by atoms with Gasteiger partial charge in [-0.15, -0.1) is 0 Å². The van der Waals surface area contributed by atoms with E-state index >= 15 is 0 Å². The number of hydrogen-bond donors (Lipinski definition) is 3. The first-order valence-corrected chi connectivity index (χ1v) is 9.60. The second-order valence-corrected chi connectivity index (χ2v) is 7.13. The highest BCUT2D eigenvalue weighted by Crippen LogP contribution is 2.31. The lowest BCUT2D eigenvalue weighted by Crippen LogP contribution is -2.61. The molecule has 1 amide bonds. The van der Waals surface area contributed by atoms with Crippen LogP contribution in [0.1, 0.15) is 22.3 Å². The van der Waals surface area contributed by atoms with Crippen LogP contribution in [-0.4, -0.2) is 66.5 Å². The summed E-state index contributed by atoms with van der Waals surface area (Å²) >= 11 is 0. The predicted octanol–water partition coefficient (Wildman–Crippen LogP) is 0.293. The maximum Gasteiger partial charge on any atom is 0.255 e. The molecule has 3 heterocycles. The second kappa shape index (κ2) is 8.22. The summed E-state index contributed by atoms with van der Waals surface area (Å²) in [6.07, 6.45) is 2.94. The van der Waals surface area contributed by atoms with Crippen LogP contribution in [0.15, 0.2) is 42.7 Å². The SMILES string of the molecule is O=C(N[C@@]1(c2ccccc2)CCNC[C@H]1O)c1cnc(N2CCOCC2)nc1. The molecule has 0 saturated carbocycles. The van der Waals surface area contributed by atoms with E-state index in [0.717, 1.165) is 18.7 Å². The van der Waals surface area contributed by atoms with Crippen molar-refractivity contribution in [2.45, 2.75) is 18.1 Å². The number of aliphatic hydroxyl groups excluding tert-OH is 1. The minimum absolute atomic E-state index is 0.293. The number of β-amino-alcohol motifs (C(OH)–C–C–N with tert-alkyl or cyclic N) is 1. The number of nitrogens with zero attached hydrogens (tertiary/aromatic N) is 3. The molecule has 0 aliphatic carbocycles. The Labute approximate surface area is 163 Å². The molecule has 148 valence electrons. The van der Waals surface area contributed by atoms with E-state index in [1.54, 1.807) is 12.4 Å². The summed E-state index contributed by atoms with van der Waals surface area (Å²) in [6, 6.07) is 9.63. The fraction of sp³-hybridized carbons (Fsp3) is 0.450. The number of carbonyl (C=O) groups excluding carboxylic acids is 1. The number of aliphatic hydroxyl groups is 1. The highest BCUT2D eigenvalue weighted by Gasteiger charge is 2.43. The molecule has 8 nitrogen and oxygen atoms in total. The predicted molar refractivity (Wildman–Crippen MR) is 104 cm³/mol. The molecule has 2 aliphatic heterocycles. The molecular weight excluding hydrogens is 358 g/mol. The smallest absolute Gasteiger partial charge is 0.255 e. The average molecular weight is 383 g/mol. The highest BCUT2D eigenvalue weighted by atomic mass is 16.5. The number of hydrogen-bond acceptors (Lipinski definition) is 7. The van der Waals surface area contributed by atoms with Gasteiger partial charge in [0.05, 0.1) is 30.4 Å². The number of nitrogens with one attached hydrogen (secondary N) is 2. The van der Waals surface area contributed by atoms with Crippen LogP contribution < -0.4 is 15.5 Å². The number of ether oxygens (including phenoxy) is 1. The first-order chi connectivity index (χ1) is 13.7. The van der Waals surface area contributed by atoms with Gasteiger partial charge in [0.25, 0.3) is 5.91 Å². The van der Waals surface area contributed by atoms with Crippen molar-refractivity contribution < 1.29 is 14.6 Å². The summed E-state index contributed by atoms with van der Waals surface area (Å²) in [4.78, 5) is 23.7. The van der Waals surface area contributed by atoms with E-state index in [2.05, 4.69) is 20.6 Å². The van der Waals surface area contributed by atoms with Crippen LogP contribution in [0.3, 0.4) is 0 Å². The molecule has 3 N–H and O–H groups in total. The van der Waals surface area contributed by atoms with Crippen LogP contribution in [-0.2, 0) is 10.3 Å². The topological polar surface area (TPSA) is 99.6 Å². The van der Waals surface area contributed by atoms with Crippen LogP contribution >= 0.6 is 0 Å². The summed E-state index contributed by atoms with van der Waals surface area (Å²) in [6.45, 7) is 3.90. The van der Waals surface area contributed by atoms with Crippen LogP contribution in [0.25, 0.3) is 0 Å². The Kier molecular flexibility index (Phi) is 5.52. The Bertz CT molecular complexity index is 795. The molecule has 8 heteroatoms. The van der Waals surface area contributed by atoms with E-state index in [4.69, 9.17) is 4.74 Å². The molecule has 0 radical (unpaired) electrons. The molecule has 0 spiro atoms. The standard InChI is InChI=1S/C20H25N5O3/c26-17-14-21-7-6-20(17,16-4-2-1-3-5-16)24-18(27)15-12-22-19(23-13-15)25-8-10-28-11-9-25/h1-5,12-13,17,21,26H,6-11,14H2,(H,24,27)/t17-,20-/m1/s1. The zero-order valence-corrected chi connectivity index (χ0v) is 15.7. The van der Waals surface area contributed by atoms with Crippen molar-refractivity contribution in [1.82, 2.24) is 20.6 Å². The Balaban J connectivity index is 1.54. The third-order valence-corrected chi connectivity index (χ3v) is 5.42. The number of carbonyl (C=O) groups is 1. The van der Waals surface area contributed by atoms with Crippen LogP contribution in [0.4, 0.5) is 5.95 Å². The average Bonchev–Trinajstić information content (AvgIpc) is 2.77. The fourth-order valence-corrected chi connectivity index (χ4v) is 3.80. The molecular formula is C20H25N5O3. The summed E-state index contributed by atoms with van der Waals surface area (Å²) < 4.78 is 5.34. The van der Waals surface area contributed by atoms with Gasteiger partial charge in [-0.2, -0.15) is 0 Å². The zero-order chi connectivity index (χ0) is 19.4. The first kappa shape index (κ1) is 18.8. The van der Waals surface area contributed by atoms with Gasteiger partial charge in [0.15, 0.2) is 0 Å². The Morgan fingerprint density at radius 3 is 2.61 bits per heavy atom. The first-order valence-electron chi connectivity index (χ1n) is 9.60. The number of anilines is 1. The number of piperidine rings is 1. The van der Waals surface area contributed by atoms with Crippen LogP contribution in [0.5, 0.6) is 0 Å². The molecule has 4 rings (SSSR count). The highest BCUT2D eigenvalue weighted by molar-refractivity contribution is 5.94. The van der Waals surface area contributed by atoms with Gasteiger partial charge >= 0.3 is 0 Å². The van der Waals surface area contributed by atoms with Crippen molar-refractivity contribution in [2.24, 2.45) is 0 Å². The Morgan fingerprint density at radius 1 is 1.21 bits per heavy atom. The van der Waals surface area contributed by atoms with Gasteiger partial charge in [-0.3, -0.25) is 4.79 Å².